The van der Waals surface area contributed by atoms with Crippen molar-refractivity contribution in [3.63, 3.8) is 0 Å². The van der Waals surface area contributed by atoms with Gasteiger partial charge in [-0.2, -0.15) is 10.2 Å². The van der Waals surface area contributed by atoms with E-state index in [-0.39, 0.29) is 24.5 Å². The highest BCUT2D eigenvalue weighted by atomic mass is 16.3. The molecule has 130 valence electrons. The number of carbonyl (C=O) groups is 1. The first-order valence-corrected chi connectivity index (χ1v) is 8.49. The van der Waals surface area contributed by atoms with Crippen molar-refractivity contribution < 1.29 is 9.90 Å². The molecule has 24 heavy (non-hydrogen) atoms. The Morgan fingerprint density at radius 1 is 1.42 bits per heavy atom. The van der Waals surface area contributed by atoms with Crippen molar-refractivity contribution in [1.29, 1.82) is 0 Å². The molecule has 0 bridgehead atoms. The minimum absolute atomic E-state index is 0.0323. The fraction of sp³-hybridized carbons (Fsp3) is 0.588. The first kappa shape index (κ1) is 16.7. The summed E-state index contributed by atoms with van der Waals surface area (Å²) in [6.07, 6.45) is 4.08. The average Bonchev–Trinajstić information content (AvgIpc) is 3.13. The van der Waals surface area contributed by atoms with Crippen molar-refractivity contribution in [1.82, 2.24) is 25.3 Å². The fourth-order valence-electron chi connectivity index (χ4n) is 3.57. The fourth-order valence-corrected chi connectivity index (χ4v) is 3.57. The van der Waals surface area contributed by atoms with Crippen molar-refractivity contribution >= 4 is 5.91 Å². The molecular weight excluding hydrogens is 306 g/mol. The highest BCUT2D eigenvalue weighted by Crippen LogP contribution is 2.26. The Balaban J connectivity index is 1.76. The second-order valence-corrected chi connectivity index (χ2v) is 6.64. The number of aliphatic hydroxyl groups is 1. The van der Waals surface area contributed by atoms with Gasteiger partial charge in [-0.3, -0.25) is 14.6 Å². The minimum atomic E-state index is -0.168. The van der Waals surface area contributed by atoms with E-state index in [4.69, 9.17) is 0 Å². The molecule has 2 unspecified atom stereocenters. The number of hydrogen-bond acceptors (Lipinski definition) is 4. The number of nitrogens with one attached hydrogen (secondary N) is 2. The third-order valence-electron chi connectivity index (χ3n) is 5.05. The Kier molecular flexibility index (Phi) is 4.71. The third-order valence-corrected chi connectivity index (χ3v) is 5.05. The number of carbonyl (C=O) groups excluding carboxylic acids is 1. The van der Waals surface area contributed by atoms with Crippen molar-refractivity contribution in [2.45, 2.75) is 45.6 Å². The Morgan fingerprint density at radius 2 is 2.17 bits per heavy atom. The van der Waals surface area contributed by atoms with Gasteiger partial charge < -0.3 is 10.4 Å². The number of amides is 1. The molecule has 7 nitrogen and oxygen atoms in total. The number of aromatic nitrogens is 4. The molecule has 1 amide bonds. The van der Waals surface area contributed by atoms with Crippen LogP contribution in [-0.4, -0.2) is 43.6 Å². The molecule has 1 fully saturated rings. The Bertz CT molecular complexity index is 733. The van der Waals surface area contributed by atoms with Crippen LogP contribution in [0.25, 0.3) is 11.3 Å². The molecule has 2 aromatic rings. The zero-order chi connectivity index (χ0) is 17.3. The second-order valence-electron chi connectivity index (χ2n) is 6.64. The Morgan fingerprint density at radius 3 is 2.83 bits per heavy atom. The van der Waals surface area contributed by atoms with Crippen LogP contribution in [0.15, 0.2) is 6.07 Å². The normalized spacial score (nSPS) is 21.0. The van der Waals surface area contributed by atoms with Gasteiger partial charge in [0.05, 0.1) is 11.4 Å². The number of aliphatic hydroxyl groups excluding tert-OH is 1. The summed E-state index contributed by atoms with van der Waals surface area (Å²) in [5.74, 6) is -0.0220. The molecule has 3 rings (SSSR count). The zero-order valence-corrected chi connectivity index (χ0v) is 14.5. The predicted octanol–water partition coefficient (Wildman–Crippen LogP) is 1.71. The van der Waals surface area contributed by atoms with E-state index < -0.39 is 0 Å². The van der Waals surface area contributed by atoms with Crippen molar-refractivity contribution in [3.05, 3.63) is 23.1 Å². The van der Waals surface area contributed by atoms with Crippen LogP contribution >= 0.6 is 0 Å². The van der Waals surface area contributed by atoms with Gasteiger partial charge >= 0.3 is 0 Å². The summed E-state index contributed by atoms with van der Waals surface area (Å²) in [6, 6.07) is 1.80. The van der Waals surface area contributed by atoms with Gasteiger partial charge in [-0.15, -0.1) is 0 Å². The SMILES string of the molecule is Cc1nn(C)c(C)c1-c1cc(C(=O)NC2CCCCC2CO)[nH]n1. The number of hydrogen-bond donors (Lipinski definition) is 3. The van der Waals surface area contributed by atoms with E-state index >= 15 is 0 Å². The number of rotatable bonds is 4. The number of aryl methyl sites for hydroxylation is 2. The van der Waals surface area contributed by atoms with Gasteiger partial charge in [0.15, 0.2) is 0 Å². The molecule has 0 aromatic carbocycles. The minimum Gasteiger partial charge on any atom is -0.396 e. The molecule has 0 radical (unpaired) electrons. The summed E-state index contributed by atoms with van der Waals surface area (Å²) in [7, 11) is 1.89. The summed E-state index contributed by atoms with van der Waals surface area (Å²) < 4.78 is 1.81. The molecule has 7 heteroatoms. The molecule has 1 aliphatic carbocycles. The summed E-state index contributed by atoms with van der Waals surface area (Å²) in [5.41, 5.74) is 4.03. The van der Waals surface area contributed by atoms with Crippen LogP contribution < -0.4 is 5.32 Å². The van der Waals surface area contributed by atoms with Gasteiger partial charge in [0.1, 0.15) is 5.69 Å². The van der Waals surface area contributed by atoms with E-state index in [9.17, 15) is 9.90 Å². The van der Waals surface area contributed by atoms with Crippen LogP contribution in [-0.2, 0) is 7.05 Å². The van der Waals surface area contributed by atoms with Crippen molar-refractivity contribution in [3.8, 4) is 11.3 Å². The predicted molar refractivity (Wildman–Crippen MR) is 90.6 cm³/mol. The maximum atomic E-state index is 12.5. The molecule has 1 saturated carbocycles. The van der Waals surface area contributed by atoms with E-state index in [2.05, 4.69) is 20.6 Å². The average molecular weight is 331 g/mol. The van der Waals surface area contributed by atoms with Crippen molar-refractivity contribution in [2.75, 3.05) is 6.61 Å². The molecule has 2 atom stereocenters. The second kappa shape index (κ2) is 6.76. The lowest BCUT2D eigenvalue weighted by Gasteiger charge is -2.30. The van der Waals surface area contributed by atoms with Crippen LogP contribution in [0.1, 0.15) is 47.6 Å². The van der Waals surface area contributed by atoms with E-state index in [0.717, 1.165) is 48.3 Å². The maximum absolute atomic E-state index is 12.5. The Hall–Kier alpha value is -2.15. The third kappa shape index (κ3) is 3.08. The largest absolute Gasteiger partial charge is 0.396 e. The Labute approximate surface area is 141 Å². The lowest BCUT2D eigenvalue weighted by atomic mass is 9.85. The summed E-state index contributed by atoms with van der Waals surface area (Å²) >= 11 is 0. The molecular formula is C17H25N5O2. The highest BCUT2D eigenvalue weighted by molar-refractivity contribution is 5.93. The summed E-state index contributed by atoms with van der Waals surface area (Å²) in [5, 5.41) is 24.0. The molecule has 2 heterocycles. The van der Waals surface area contributed by atoms with Gasteiger partial charge in [0.2, 0.25) is 0 Å². The molecule has 0 aliphatic heterocycles. The van der Waals surface area contributed by atoms with E-state index in [0.29, 0.717) is 5.69 Å². The smallest absolute Gasteiger partial charge is 0.269 e. The van der Waals surface area contributed by atoms with Crippen LogP contribution in [0.5, 0.6) is 0 Å². The first-order valence-electron chi connectivity index (χ1n) is 8.49. The van der Waals surface area contributed by atoms with Crippen LogP contribution in [0.4, 0.5) is 0 Å². The van der Waals surface area contributed by atoms with Crippen LogP contribution in [0.3, 0.4) is 0 Å². The lowest BCUT2D eigenvalue weighted by Crippen LogP contribution is -2.43. The lowest BCUT2D eigenvalue weighted by molar-refractivity contribution is 0.0867. The number of H-pyrrole nitrogens is 1. The van der Waals surface area contributed by atoms with Gasteiger partial charge in [0.25, 0.3) is 5.91 Å². The molecule has 1 aliphatic rings. The molecule has 0 saturated heterocycles. The number of aromatic amines is 1. The van der Waals surface area contributed by atoms with Crippen molar-refractivity contribution in [2.24, 2.45) is 13.0 Å². The maximum Gasteiger partial charge on any atom is 0.269 e. The van der Waals surface area contributed by atoms with E-state index in [1.165, 1.54) is 0 Å². The molecule has 2 aromatic heterocycles. The van der Waals surface area contributed by atoms with E-state index in [1.54, 1.807) is 6.07 Å². The monoisotopic (exact) mass is 331 g/mol. The van der Waals surface area contributed by atoms with Gasteiger partial charge in [-0.25, -0.2) is 0 Å². The van der Waals surface area contributed by atoms with E-state index in [1.807, 2.05) is 25.6 Å². The van der Waals surface area contributed by atoms with Gasteiger partial charge in [0, 0.05) is 36.9 Å². The first-order chi connectivity index (χ1) is 11.5. The number of nitrogens with zero attached hydrogens (tertiary/aromatic N) is 3. The molecule has 3 N–H and O–H groups in total. The summed E-state index contributed by atoms with van der Waals surface area (Å²) in [6.45, 7) is 4.04. The van der Waals surface area contributed by atoms with Gasteiger partial charge in [-0.1, -0.05) is 12.8 Å². The summed E-state index contributed by atoms with van der Waals surface area (Å²) in [4.78, 5) is 12.5. The van der Waals surface area contributed by atoms with Crippen LogP contribution in [0, 0.1) is 19.8 Å². The van der Waals surface area contributed by atoms with Crippen LogP contribution in [0.2, 0.25) is 0 Å². The zero-order valence-electron chi connectivity index (χ0n) is 14.5. The standard InChI is InChI=1S/C17H25N5O2/c1-10-16(11(2)22(3)21-10)14-8-15(20-19-14)17(24)18-13-7-5-4-6-12(13)9-23/h8,12-13,23H,4-7,9H2,1-3H3,(H,18,24)(H,19,20). The quantitative estimate of drug-likeness (QED) is 0.794. The topological polar surface area (TPSA) is 95.8 Å². The van der Waals surface area contributed by atoms with Gasteiger partial charge in [-0.05, 0) is 32.8 Å². The molecule has 0 spiro atoms. The highest BCUT2D eigenvalue weighted by Gasteiger charge is 2.27.